The summed E-state index contributed by atoms with van der Waals surface area (Å²) in [5, 5.41) is 11.3. The zero-order valence-electron chi connectivity index (χ0n) is 12.9. The molecule has 0 aliphatic heterocycles. The van der Waals surface area contributed by atoms with Gasteiger partial charge in [-0.1, -0.05) is 18.5 Å². The van der Waals surface area contributed by atoms with Crippen LogP contribution in [-0.4, -0.2) is 28.0 Å². The Kier molecular flexibility index (Phi) is 6.12. The van der Waals surface area contributed by atoms with Gasteiger partial charge in [0.2, 0.25) is 11.7 Å². The van der Waals surface area contributed by atoms with Gasteiger partial charge in [0.05, 0.1) is 18.1 Å². The van der Waals surface area contributed by atoms with Gasteiger partial charge in [0, 0.05) is 29.8 Å². The molecule has 0 fully saturated rings. The average Bonchev–Trinajstić information content (AvgIpc) is 2.92. The van der Waals surface area contributed by atoms with Crippen LogP contribution in [0, 0.1) is 10.1 Å². The highest BCUT2D eigenvalue weighted by atomic mass is 35.5. The highest BCUT2D eigenvalue weighted by molar-refractivity contribution is 7.15. The van der Waals surface area contributed by atoms with Crippen LogP contribution in [0.1, 0.15) is 25.1 Å². The van der Waals surface area contributed by atoms with Gasteiger partial charge in [-0.15, -0.1) is 11.3 Å². The van der Waals surface area contributed by atoms with Gasteiger partial charge in [-0.05, 0) is 13.3 Å². The van der Waals surface area contributed by atoms with E-state index in [9.17, 15) is 10.1 Å². The molecule has 2 rings (SSSR count). The van der Waals surface area contributed by atoms with E-state index in [2.05, 4.69) is 9.97 Å². The molecule has 0 bridgehead atoms. The van der Waals surface area contributed by atoms with Gasteiger partial charge < -0.3 is 9.64 Å². The van der Waals surface area contributed by atoms with Gasteiger partial charge >= 0.3 is 5.69 Å². The molecule has 0 N–H and O–H groups in total. The molecule has 0 aliphatic rings. The van der Waals surface area contributed by atoms with Gasteiger partial charge in [-0.3, -0.25) is 10.1 Å². The van der Waals surface area contributed by atoms with Crippen molar-refractivity contribution in [2.75, 3.05) is 18.1 Å². The fraction of sp³-hybridized carbons (Fsp3) is 0.429. The number of nitrogens with zero attached hydrogens (tertiary/aromatic N) is 4. The average molecular weight is 357 g/mol. The normalized spacial score (nSPS) is 10.6. The van der Waals surface area contributed by atoms with Crippen LogP contribution in [0.5, 0.6) is 5.88 Å². The van der Waals surface area contributed by atoms with E-state index in [0.717, 1.165) is 11.3 Å². The molecular weight excluding hydrogens is 340 g/mol. The third-order valence-corrected chi connectivity index (χ3v) is 4.08. The van der Waals surface area contributed by atoms with Crippen molar-refractivity contribution in [3.8, 4) is 5.88 Å². The van der Waals surface area contributed by atoms with Crippen molar-refractivity contribution >= 4 is 34.4 Å². The summed E-state index contributed by atoms with van der Waals surface area (Å²) >= 11 is 7.21. The summed E-state index contributed by atoms with van der Waals surface area (Å²) in [5.74, 6) is 0.670. The number of rotatable bonds is 8. The van der Waals surface area contributed by atoms with E-state index in [4.69, 9.17) is 16.3 Å². The summed E-state index contributed by atoms with van der Waals surface area (Å²) in [6.07, 6.45) is 2.50. The number of pyridine rings is 1. The van der Waals surface area contributed by atoms with E-state index in [1.54, 1.807) is 6.20 Å². The van der Waals surface area contributed by atoms with Crippen molar-refractivity contribution in [1.29, 1.82) is 0 Å². The first kappa shape index (κ1) is 17.4. The second kappa shape index (κ2) is 8.07. The molecule has 0 spiro atoms. The highest BCUT2D eigenvalue weighted by Crippen LogP contribution is 2.31. The van der Waals surface area contributed by atoms with E-state index in [1.165, 1.54) is 23.5 Å². The number of ether oxygens (including phenoxy) is 1. The molecule has 0 atom stereocenters. The van der Waals surface area contributed by atoms with Gasteiger partial charge in [-0.25, -0.2) is 4.98 Å². The Balaban J connectivity index is 2.38. The van der Waals surface area contributed by atoms with Crippen LogP contribution in [0.25, 0.3) is 0 Å². The molecule has 0 amide bonds. The summed E-state index contributed by atoms with van der Waals surface area (Å²) in [5.41, 5.74) is -0.0440. The number of thiazole rings is 1. The van der Waals surface area contributed by atoms with E-state index < -0.39 is 4.92 Å². The lowest BCUT2D eigenvalue weighted by atomic mass is 10.3. The second-order valence-electron chi connectivity index (χ2n) is 4.68. The Bertz CT molecular complexity index is 680. The molecule has 0 saturated carbocycles. The van der Waals surface area contributed by atoms with E-state index in [1.807, 2.05) is 18.7 Å². The third-order valence-electron chi connectivity index (χ3n) is 2.98. The van der Waals surface area contributed by atoms with Crippen molar-refractivity contribution in [2.24, 2.45) is 0 Å². The first-order valence-electron chi connectivity index (χ1n) is 7.18. The summed E-state index contributed by atoms with van der Waals surface area (Å²) in [6.45, 7) is 5.37. The lowest BCUT2D eigenvalue weighted by molar-refractivity contribution is -0.384. The highest BCUT2D eigenvalue weighted by Gasteiger charge is 2.23. The molecule has 0 unspecified atom stereocenters. The van der Waals surface area contributed by atoms with Crippen LogP contribution >= 0.6 is 22.9 Å². The molecule has 0 saturated heterocycles. The molecule has 2 aromatic heterocycles. The Labute approximate surface area is 143 Å². The van der Waals surface area contributed by atoms with Crippen molar-refractivity contribution in [3.63, 3.8) is 0 Å². The van der Waals surface area contributed by atoms with Gasteiger partial charge in [0.15, 0.2) is 4.47 Å². The zero-order chi connectivity index (χ0) is 16.8. The first-order chi connectivity index (χ1) is 11.0. The molecule has 2 aromatic rings. The third kappa shape index (κ3) is 4.52. The second-order valence-corrected chi connectivity index (χ2v) is 6.38. The zero-order valence-corrected chi connectivity index (χ0v) is 14.4. The summed E-state index contributed by atoms with van der Waals surface area (Å²) in [7, 11) is 0. The van der Waals surface area contributed by atoms with Crippen LogP contribution in [-0.2, 0) is 6.54 Å². The van der Waals surface area contributed by atoms with Crippen LogP contribution in [0.3, 0.4) is 0 Å². The smallest absolute Gasteiger partial charge is 0.311 e. The fourth-order valence-electron chi connectivity index (χ4n) is 2.10. The van der Waals surface area contributed by atoms with Crippen LogP contribution in [0.4, 0.5) is 11.5 Å². The fourth-order valence-corrected chi connectivity index (χ4v) is 3.10. The van der Waals surface area contributed by atoms with Crippen LogP contribution in [0.15, 0.2) is 18.3 Å². The summed E-state index contributed by atoms with van der Waals surface area (Å²) in [4.78, 5) is 22.0. The predicted molar refractivity (Wildman–Crippen MR) is 90.5 cm³/mol. The van der Waals surface area contributed by atoms with Crippen LogP contribution < -0.4 is 9.64 Å². The Morgan fingerprint density at radius 3 is 2.78 bits per heavy atom. The van der Waals surface area contributed by atoms with Crippen molar-refractivity contribution < 1.29 is 9.66 Å². The quantitative estimate of drug-likeness (QED) is 0.526. The van der Waals surface area contributed by atoms with Gasteiger partial charge in [0.25, 0.3) is 0 Å². The minimum atomic E-state index is -0.430. The number of anilines is 1. The molecule has 124 valence electrons. The van der Waals surface area contributed by atoms with Crippen molar-refractivity contribution in [2.45, 2.75) is 26.8 Å². The number of hydrogen-bond acceptors (Lipinski definition) is 7. The maximum atomic E-state index is 11.3. The lowest BCUT2D eigenvalue weighted by Crippen LogP contribution is -2.25. The molecule has 23 heavy (non-hydrogen) atoms. The lowest BCUT2D eigenvalue weighted by Gasteiger charge is -2.22. The minimum absolute atomic E-state index is 0.0440. The predicted octanol–water partition coefficient (Wildman–Crippen LogP) is 3.92. The van der Waals surface area contributed by atoms with E-state index >= 15 is 0 Å². The number of aromatic nitrogens is 2. The molecule has 0 radical (unpaired) electrons. The molecule has 9 heteroatoms. The van der Waals surface area contributed by atoms with Gasteiger partial charge in [-0.2, -0.15) is 4.98 Å². The number of nitro groups is 1. The summed E-state index contributed by atoms with van der Waals surface area (Å²) < 4.78 is 5.82. The monoisotopic (exact) mass is 356 g/mol. The van der Waals surface area contributed by atoms with E-state index in [0.29, 0.717) is 35.9 Å². The van der Waals surface area contributed by atoms with Crippen molar-refractivity contribution in [1.82, 2.24) is 9.97 Å². The van der Waals surface area contributed by atoms with Gasteiger partial charge in [0.1, 0.15) is 0 Å². The Hall–Kier alpha value is -1.93. The standard InChI is InChI=1S/C14H17ClN4O3S/c1-3-7-18(9-10-8-16-14(15)23-10)13-11(19(20)21)5-6-12(17-13)22-4-2/h5-6,8H,3-4,7,9H2,1-2H3. The van der Waals surface area contributed by atoms with Crippen molar-refractivity contribution in [3.05, 3.63) is 37.8 Å². The molecular formula is C14H17ClN4O3S. The SMILES string of the molecule is CCCN(Cc1cnc(Cl)s1)c1nc(OCC)ccc1[N+](=O)[O-]. The molecule has 0 aliphatic carbocycles. The first-order valence-corrected chi connectivity index (χ1v) is 8.38. The molecule has 7 nitrogen and oxygen atoms in total. The minimum Gasteiger partial charge on any atom is -0.478 e. The topological polar surface area (TPSA) is 81.4 Å². The Morgan fingerprint density at radius 2 is 2.22 bits per heavy atom. The maximum absolute atomic E-state index is 11.3. The number of halogens is 1. The largest absolute Gasteiger partial charge is 0.478 e. The molecule has 0 aromatic carbocycles. The van der Waals surface area contributed by atoms with E-state index in [-0.39, 0.29) is 5.69 Å². The Morgan fingerprint density at radius 1 is 1.43 bits per heavy atom. The maximum Gasteiger partial charge on any atom is 0.311 e. The molecule has 2 heterocycles. The summed E-state index contributed by atoms with van der Waals surface area (Å²) in [6, 6.07) is 2.94. The van der Waals surface area contributed by atoms with Crippen LogP contribution in [0.2, 0.25) is 4.47 Å². The number of hydrogen-bond donors (Lipinski definition) is 0.